The van der Waals surface area contributed by atoms with E-state index in [1.54, 1.807) is 13.8 Å². The molecule has 1 aliphatic heterocycles. The van der Waals surface area contributed by atoms with Crippen molar-refractivity contribution in [3.05, 3.63) is 0 Å². The van der Waals surface area contributed by atoms with Gasteiger partial charge in [-0.3, -0.25) is 4.99 Å². The summed E-state index contributed by atoms with van der Waals surface area (Å²) in [6.45, 7) is 4.84. The molecule has 1 rings (SSSR count). The Morgan fingerprint density at radius 3 is 2.63 bits per heavy atom. The molecule has 3 N–H and O–H groups in total. The summed E-state index contributed by atoms with van der Waals surface area (Å²) in [6, 6.07) is 0. The van der Waals surface area contributed by atoms with Gasteiger partial charge in [0.05, 0.1) is 17.4 Å². The van der Waals surface area contributed by atoms with Crippen LogP contribution in [0.5, 0.6) is 0 Å². The fraction of sp³-hybridized carbons (Fsp3) is 0.909. The molecule has 19 heavy (non-hydrogen) atoms. The zero-order chi connectivity index (χ0) is 13.8. The summed E-state index contributed by atoms with van der Waals surface area (Å²) < 4.78 is 27.5. The molecule has 1 fully saturated rings. The molecule has 0 spiro atoms. The number of nitrogens with two attached hydrogens (primary N) is 1. The molecule has 0 aliphatic carbocycles. The third-order valence-electron chi connectivity index (χ3n) is 3.17. The molecule has 0 radical (unpaired) electrons. The summed E-state index contributed by atoms with van der Waals surface area (Å²) in [4.78, 5) is 4.07. The monoisotopic (exact) mass is 405 g/mol. The van der Waals surface area contributed by atoms with Gasteiger partial charge in [-0.25, -0.2) is 8.42 Å². The summed E-state index contributed by atoms with van der Waals surface area (Å²) in [5.41, 5.74) is 5.69. The van der Waals surface area contributed by atoms with E-state index >= 15 is 0 Å². The van der Waals surface area contributed by atoms with Crippen molar-refractivity contribution in [2.75, 3.05) is 26.0 Å². The summed E-state index contributed by atoms with van der Waals surface area (Å²) in [5, 5.41) is 2.96. The molecule has 0 aromatic heterocycles. The van der Waals surface area contributed by atoms with Crippen molar-refractivity contribution >= 4 is 39.8 Å². The van der Waals surface area contributed by atoms with Gasteiger partial charge in [0.1, 0.15) is 0 Å². The maximum Gasteiger partial charge on any atom is 0.188 e. The van der Waals surface area contributed by atoms with Crippen molar-refractivity contribution in [1.82, 2.24) is 5.32 Å². The molecule has 114 valence electrons. The van der Waals surface area contributed by atoms with Gasteiger partial charge in [0.2, 0.25) is 0 Å². The van der Waals surface area contributed by atoms with Crippen LogP contribution in [0, 0.1) is 0 Å². The number of sulfone groups is 1. The van der Waals surface area contributed by atoms with Crippen LogP contribution in [0.15, 0.2) is 4.99 Å². The molecule has 0 amide bonds. The topological polar surface area (TPSA) is 93.8 Å². The van der Waals surface area contributed by atoms with E-state index in [-0.39, 0.29) is 42.6 Å². The van der Waals surface area contributed by atoms with Crippen LogP contribution in [0.25, 0.3) is 0 Å². The highest BCUT2D eigenvalue weighted by Gasteiger charge is 2.29. The van der Waals surface area contributed by atoms with Gasteiger partial charge in [-0.2, -0.15) is 0 Å². The molecule has 0 aromatic carbocycles. The molecule has 1 aliphatic rings. The third-order valence-corrected chi connectivity index (χ3v) is 5.31. The largest absolute Gasteiger partial charge is 0.376 e. The highest BCUT2D eigenvalue weighted by atomic mass is 127. The molecule has 0 aromatic rings. The minimum absolute atomic E-state index is 0. The van der Waals surface area contributed by atoms with E-state index in [2.05, 4.69) is 10.3 Å². The molecular weight excluding hydrogens is 381 g/mol. The van der Waals surface area contributed by atoms with Crippen LogP contribution in [0.1, 0.15) is 26.7 Å². The number of nitrogens with one attached hydrogen (secondary N) is 1. The number of hydrogen-bond acceptors (Lipinski definition) is 4. The highest BCUT2D eigenvalue weighted by Crippen LogP contribution is 2.15. The Hall–Kier alpha value is -0.0900. The minimum Gasteiger partial charge on any atom is -0.376 e. The molecule has 1 unspecified atom stereocenters. The van der Waals surface area contributed by atoms with Crippen LogP contribution in [0.4, 0.5) is 0 Å². The number of hydrogen-bond donors (Lipinski definition) is 2. The first-order valence-corrected chi connectivity index (χ1v) is 7.96. The fourth-order valence-corrected chi connectivity index (χ4v) is 1.77. The molecule has 1 heterocycles. The molecule has 6 nitrogen and oxygen atoms in total. The molecule has 8 heteroatoms. The molecule has 0 saturated carbocycles. The van der Waals surface area contributed by atoms with Gasteiger partial charge in [0, 0.05) is 19.4 Å². The Balaban J connectivity index is 0.00000324. The van der Waals surface area contributed by atoms with Crippen LogP contribution in [0.2, 0.25) is 0 Å². The van der Waals surface area contributed by atoms with E-state index in [9.17, 15) is 8.42 Å². The van der Waals surface area contributed by atoms with E-state index in [1.165, 1.54) is 6.26 Å². The minimum atomic E-state index is -3.14. The highest BCUT2D eigenvalue weighted by molar-refractivity contribution is 14.0. The lowest BCUT2D eigenvalue weighted by Crippen LogP contribution is -2.40. The van der Waals surface area contributed by atoms with Crippen LogP contribution in [-0.2, 0) is 14.6 Å². The SMILES string of the molecule is CC(C)(CN=C(N)NCC1CCCO1)S(C)(=O)=O.I. The maximum atomic E-state index is 11.5. The van der Waals surface area contributed by atoms with Gasteiger partial charge in [-0.1, -0.05) is 0 Å². The van der Waals surface area contributed by atoms with Crippen molar-refractivity contribution < 1.29 is 13.2 Å². The number of aliphatic imine (C=N–C) groups is 1. The average Bonchev–Trinajstić information content (AvgIpc) is 2.74. The first-order valence-electron chi connectivity index (χ1n) is 6.07. The summed E-state index contributed by atoms with van der Waals surface area (Å²) in [5.74, 6) is 0.266. The van der Waals surface area contributed by atoms with Gasteiger partial charge >= 0.3 is 0 Å². The second-order valence-electron chi connectivity index (χ2n) is 5.25. The Kier molecular flexibility index (Phi) is 7.59. The van der Waals surface area contributed by atoms with Crippen LogP contribution in [-0.4, -0.2) is 51.2 Å². The summed E-state index contributed by atoms with van der Waals surface area (Å²) in [6.07, 6.45) is 3.49. The lowest BCUT2D eigenvalue weighted by atomic mass is 10.2. The first kappa shape index (κ1) is 18.9. The Labute approximate surface area is 132 Å². The van der Waals surface area contributed by atoms with Crippen LogP contribution in [0.3, 0.4) is 0 Å². The molecule has 0 bridgehead atoms. The lowest BCUT2D eigenvalue weighted by Gasteiger charge is -2.20. The van der Waals surface area contributed by atoms with Gasteiger partial charge in [-0.15, -0.1) is 24.0 Å². The Morgan fingerprint density at radius 2 is 2.16 bits per heavy atom. The maximum absolute atomic E-state index is 11.5. The Bertz CT molecular complexity index is 403. The van der Waals surface area contributed by atoms with Gasteiger partial charge in [-0.05, 0) is 26.7 Å². The van der Waals surface area contributed by atoms with Crippen molar-refractivity contribution in [2.45, 2.75) is 37.5 Å². The van der Waals surface area contributed by atoms with E-state index in [4.69, 9.17) is 10.5 Å². The molecule has 1 saturated heterocycles. The number of guanidine groups is 1. The zero-order valence-corrected chi connectivity index (χ0v) is 14.8. The average molecular weight is 405 g/mol. The molecule has 1 atom stereocenters. The Morgan fingerprint density at radius 1 is 1.53 bits per heavy atom. The van der Waals surface area contributed by atoms with Gasteiger partial charge < -0.3 is 15.8 Å². The van der Waals surface area contributed by atoms with Crippen molar-refractivity contribution in [2.24, 2.45) is 10.7 Å². The standard InChI is InChI=1S/C11H23N3O3S.HI/c1-11(2,18(3,15)16)8-14-10(12)13-7-9-5-4-6-17-9;/h9H,4-8H2,1-3H3,(H3,12,13,14);1H. The number of rotatable bonds is 5. The fourth-order valence-electron chi connectivity index (χ4n) is 1.47. The number of halogens is 1. The quantitative estimate of drug-likeness (QED) is 0.395. The second-order valence-corrected chi connectivity index (χ2v) is 7.90. The predicted molar refractivity (Wildman–Crippen MR) is 87.8 cm³/mol. The van der Waals surface area contributed by atoms with E-state index < -0.39 is 14.6 Å². The predicted octanol–water partition coefficient (Wildman–Crippen LogP) is 0.511. The van der Waals surface area contributed by atoms with Gasteiger partial charge in [0.15, 0.2) is 15.8 Å². The van der Waals surface area contributed by atoms with Crippen molar-refractivity contribution in [3.8, 4) is 0 Å². The zero-order valence-electron chi connectivity index (χ0n) is 11.7. The van der Waals surface area contributed by atoms with Crippen molar-refractivity contribution in [3.63, 3.8) is 0 Å². The number of ether oxygens (including phenoxy) is 1. The number of nitrogens with zero attached hydrogens (tertiary/aromatic N) is 1. The lowest BCUT2D eigenvalue weighted by molar-refractivity contribution is 0.114. The molecular formula is C11H24IN3O3S. The van der Waals surface area contributed by atoms with E-state index in [0.717, 1.165) is 19.4 Å². The smallest absolute Gasteiger partial charge is 0.188 e. The van der Waals surface area contributed by atoms with Crippen molar-refractivity contribution in [1.29, 1.82) is 0 Å². The normalized spacial score (nSPS) is 21.0. The summed E-state index contributed by atoms with van der Waals surface area (Å²) in [7, 11) is -3.14. The van der Waals surface area contributed by atoms with E-state index in [0.29, 0.717) is 6.54 Å². The van der Waals surface area contributed by atoms with Crippen LogP contribution < -0.4 is 11.1 Å². The van der Waals surface area contributed by atoms with Gasteiger partial charge in [0.25, 0.3) is 0 Å². The second kappa shape index (κ2) is 7.63. The third kappa shape index (κ3) is 6.26. The summed E-state index contributed by atoms with van der Waals surface area (Å²) >= 11 is 0. The first-order chi connectivity index (χ1) is 8.22. The van der Waals surface area contributed by atoms with E-state index in [1.807, 2.05) is 0 Å². The van der Waals surface area contributed by atoms with Crippen LogP contribution >= 0.6 is 24.0 Å².